The predicted molar refractivity (Wildman–Crippen MR) is 58.6 cm³/mol. The average molecular weight is 215 g/mol. The number of hydrogen-bond donors (Lipinski definition) is 1. The van der Waals surface area contributed by atoms with Crippen molar-refractivity contribution in [3.05, 3.63) is 29.6 Å². The topological polar surface area (TPSA) is 65.8 Å². The van der Waals surface area contributed by atoms with E-state index in [1.807, 2.05) is 13.0 Å². The number of aromatic nitrogens is 1. The molecule has 0 bridgehead atoms. The summed E-state index contributed by atoms with van der Waals surface area (Å²) < 4.78 is 0. The lowest BCUT2D eigenvalue weighted by Crippen LogP contribution is -2.36. The SMILES string of the molecule is Cc1cccnc1C(=O)NC(C#N)C1CC1. The smallest absolute Gasteiger partial charge is 0.271 e. The van der Waals surface area contributed by atoms with Crippen LogP contribution in [0.2, 0.25) is 0 Å². The van der Waals surface area contributed by atoms with Gasteiger partial charge in [-0.3, -0.25) is 9.78 Å². The van der Waals surface area contributed by atoms with E-state index >= 15 is 0 Å². The highest BCUT2D eigenvalue weighted by Gasteiger charge is 2.32. The minimum absolute atomic E-state index is 0.253. The predicted octanol–water partition coefficient (Wildman–Crippen LogP) is 1.42. The molecule has 16 heavy (non-hydrogen) atoms. The summed E-state index contributed by atoms with van der Waals surface area (Å²) in [7, 11) is 0. The molecular formula is C12H13N3O. The molecule has 1 saturated carbocycles. The highest BCUT2D eigenvalue weighted by atomic mass is 16.1. The molecule has 1 fully saturated rings. The van der Waals surface area contributed by atoms with E-state index in [1.165, 1.54) is 0 Å². The molecule has 1 aliphatic rings. The quantitative estimate of drug-likeness (QED) is 0.829. The molecule has 4 heteroatoms. The third kappa shape index (κ3) is 2.19. The minimum Gasteiger partial charge on any atom is -0.335 e. The highest BCUT2D eigenvalue weighted by molar-refractivity contribution is 5.94. The van der Waals surface area contributed by atoms with Crippen LogP contribution in [0.3, 0.4) is 0 Å². The molecule has 1 amide bonds. The van der Waals surface area contributed by atoms with Crippen molar-refractivity contribution in [2.24, 2.45) is 5.92 Å². The zero-order valence-corrected chi connectivity index (χ0v) is 9.10. The lowest BCUT2D eigenvalue weighted by atomic mass is 10.1. The molecule has 82 valence electrons. The number of carbonyl (C=O) groups is 1. The Hall–Kier alpha value is -1.89. The van der Waals surface area contributed by atoms with E-state index in [1.54, 1.807) is 12.3 Å². The van der Waals surface area contributed by atoms with Crippen LogP contribution in [0.1, 0.15) is 28.9 Å². The van der Waals surface area contributed by atoms with E-state index < -0.39 is 0 Å². The maximum atomic E-state index is 11.8. The zero-order valence-electron chi connectivity index (χ0n) is 9.10. The van der Waals surface area contributed by atoms with Crippen molar-refractivity contribution >= 4 is 5.91 Å². The summed E-state index contributed by atoms with van der Waals surface area (Å²) in [6.07, 6.45) is 3.64. The number of pyridine rings is 1. The van der Waals surface area contributed by atoms with Gasteiger partial charge in [-0.2, -0.15) is 5.26 Å². The standard InChI is InChI=1S/C12H13N3O/c1-8-3-2-6-14-11(8)12(16)15-10(7-13)9-4-5-9/h2-3,6,9-10H,4-5H2,1H3,(H,15,16). The van der Waals surface area contributed by atoms with Crippen LogP contribution in [0.4, 0.5) is 0 Å². The van der Waals surface area contributed by atoms with Crippen molar-refractivity contribution in [1.82, 2.24) is 10.3 Å². The Morgan fingerprint density at radius 3 is 3.00 bits per heavy atom. The fourth-order valence-corrected chi connectivity index (χ4v) is 1.62. The number of rotatable bonds is 3. The molecular weight excluding hydrogens is 202 g/mol. The van der Waals surface area contributed by atoms with Crippen molar-refractivity contribution in [2.75, 3.05) is 0 Å². The van der Waals surface area contributed by atoms with Gasteiger partial charge in [-0.25, -0.2) is 0 Å². The normalized spacial score (nSPS) is 16.2. The molecule has 1 atom stereocenters. The maximum absolute atomic E-state index is 11.8. The fraction of sp³-hybridized carbons (Fsp3) is 0.417. The van der Waals surface area contributed by atoms with Crippen LogP contribution < -0.4 is 5.32 Å². The summed E-state index contributed by atoms with van der Waals surface area (Å²) in [6, 6.07) is 5.38. The van der Waals surface area contributed by atoms with Crippen molar-refractivity contribution in [2.45, 2.75) is 25.8 Å². The van der Waals surface area contributed by atoms with E-state index in [2.05, 4.69) is 16.4 Å². The molecule has 4 nitrogen and oxygen atoms in total. The summed E-state index contributed by atoms with van der Waals surface area (Å²) in [6.45, 7) is 1.83. The van der Waals surface area contributed by atoms with Gasteiger partial charge < -0.3 is 5.32 Å². The van der Waals surface area contributed by atoms with E-state index in [0.29, 0.717) is 11.6 Å². The van der Waals surface area contributed by atoms with E-state index in [4.69, 9.17) is 5.26 Å². The third-order valence-corrected chi connectivity index (χ3v) is 2.74. The monoisotopic (exact) mass is 215 g/mol. The summed E-state index contributed by atoms with van der Waals surface area (Å²) in [4.78, 5) is 15.9. The van der Waals surface area contributed by atoms with Crippen molar-refractivity contribution in [3.63, 3.8) is 0 Å². The second kappa shape index (κ2) is 4.31. The molecule has 0 aliphatic heterocycles. The molecule has 1 aliphatic carbocycles. The average Bonchev–Trinajstić information content (AvgIpc) is 3.10. The van der Waals surface area contributed by atoms with E-state index in [9.17, 15) is 4.79 Å². The van der Waals surface area contributed by atoms with Crippen LogP contribution in [0, 0.1) is 24.2 Å². The van der Waals surface area contributed by atoms with Gasteiger partial charge in [0.2, 0.25) is 0 Å². The van der Waals surface area contributed by atoms with Crippen LogP contribution in [-0.4, -0.2) is 16.9 Å². The number of hydrogen-bond acceptors (Lipinski definition) is 3. The fourth-order valence-electron chi connectivity index (χ4n) is 1.62. The number of amides is 1. The maximum Gasteiger partial charge on any atom is 0.271 e. The lowest BCUT2D eigenvalue weighted by molar-refractivity contribution is 0.0936. The van der Waals surface area contributed by atoms with Crippen molar-refractivity contribution < 1.29 is 4.79 Å². The van der Waals surface area contributed by atoms with Gasteiger partial charge in [0.15, 0.2) is 0 Å². The Morgan fingerprint density at radius 2 is 2.44 bits per heavy atom. The van der Waals surface area contributed by atoms with Gasteiger partial charge in [-0.05, 0) is 37.3 Å². The lowest BCUT2D eigenvalue weighted by Gasteiger charge is -2.10. The first-order valence-corrected chi connectivity index (χ1v) is 5.34. The Morgan fingerprint density at radius 1 is 1.69 bits per heavy atom. The van der Waals surface area contributed by atoms with Crippen LogP contribution in [-0.2, 0) is 0 Å². The Balaban J connectivity index is 2.08. The number of nitrogens with zero attached hydrogens (tertiary/aromatic N) is 2. The number of nitrogens with one attached hydrogen (secondary N) is 1. The van der Waals surface area contributed by atoms with Gasteiger partial charge in [0.05, 0.1) is 6.07 Å². The van der Waals surface area contributed by atoms with E-state index in [-0.39, 0.29) is 11.9 Å². The summed E-state index contributed by atoms with van der Waals surface area (Å²) >= 11 is 0. The van der Waals surface area contributed by atoms with Gasteiger partial charge in [0, 0.05) is 6.20 Å². The minimum atomic E-state index is -0.367. The first-order chi connectivity index (χ1) is 7.72. The second-order valence-electron chi connectivity index (χ2n) is 4.09. The van der Waals surface area contributed by atoms with E-state index in [0.717, 1.165) is 18.4 Å². The number of aryl methyl sites for hydroxylation is 1. The molecule has 1 N–H and O–H groups in total. The van der Waals surface area contributed by atoms with Crippen LogP contribution in [0.25, 0.3) is 0 Å². The molecule has 1 heterocycles. The molecule has 0 aromatic carbocycles. The van der Waals surface area contributed by atoms with Crippen LogP contribution in [0.5, 0.6) is 0 Å². The molecule has 0 radical (unpaired) electrons. The first kappa shape index (κ1) is 10.6. The van der Waals surface area contributed by atoms with Crippen molar-refractivity contribution in [3.8, 4) is 6.07 Å². The molecule has 1 aromatic rings. The molecule has 2 rings (SSSR count). The first-order valence-electron chi connectivity index (χ1n) is 5.34. The van der Waals surface area contributed by atoms with Crippen LogP contribution >= 0.6 is 0 Å². The Bertz CT molecular complexity index is 446. The zero-order chi connectivity index (χ0) is 11.5. The number of nitriles is 1. The Kier molecular flexibility index (Phi) is 2.86. The van der Waals surface area contributed by atoms with Gasteiger partial charge in [0.1, 0.15) is 11.7 Å². The van der Waals surface area contributed by atoms with Gasteiger partial charge in [0.25, 0.3) is 5.91 Å². The number of carbonyl (C=O) groups excluding carboxylic acids is 1. The highest BCUT2D eigenvalue weighted by Crippen LogP contribution is 2.32. The van der Waals surface area contributed by atoms with Crippen LogP contribution in [0.15, 0.2) is 18.3 Å². The van der Waals surface area contributed by atoms with Gasteiger partial charge in [-0.15, -0.1) is 0 Å². The largest absolute Gasteiger partial charge is 0.335 e. The third-order valence-electron chi connectivity index (χ3n) is 2.74. The second-order valence-corrected chi connectivity index (χ2v) is 4.09. The summed E-state index contributed by atoms with van der Waals surface area (Å²) in [5.41, 5.74) is 1.23. The summed E-state index contributed by atoms with van der Waals surface area (Å²) in [5.74, 6) is 0.0783. The van der Waals surface area contributed by atoms with Gasteiger partial charge in [-0.1, -0.05) is 6.07 Å². The molecule has 1 unspecified atom stereocenters. The molecule has 1 aromatic heterocycles. The molecule has 0 saturated heterocycles. The van der Waals surface area contributed by atoms with Gasteiger partial charge >= 0.3 is 0 Å². The molecule has 0 spiro atoms. The summed E-state index contributed by atoms with van der Waals surface area (Å²) in [5, 5.41) is 11.6. The Labute approximate surface area is 94.3 Å². The van der Waals surface area contributed by atoms with Crippen molar-refractivity contribution in [1.29, 1.82) is 5.26 Å².